The van der Waals surface area contributed by atoms with Gasteiger partial charge < -0.3 is 37.3 Å². The number of rotatable bonds is 11. The van der Waals surface area contributed by atoms with Gasteiger partial charge in [0.1, 0.15) is 23.4 Å². The Labute approximate surface area is 203 Å². The number of halogens is 3. The molecule has 0 aliphatic carbocycles. The number of nitrogen functional groups attached to an aromatic ring is 2. The van der Waals surface area contributed by atoms with Crippen molar-refractivity contribution in [3.05, 3.63) is 29.8 Å². The minimum atomic E-state index is -4.57. The van der Waals surface area contributed by atoms with E-state index in [9.17, 15) is 22.8 Å². The third-order valence-electron chi connectivity index (χ3n) is 4.47. The van der Waals surface area contributed by atoms with Crippen molar-refractivity contribution in [2.75, 3.05) is 48.1 Å². The van der Waals surface area contributed by atoms with Crippen molar-refractivity contribution < 1.29 is 32.6 Å². The third-order valence-corrected chi connectivity index (χ3v) is 5.17. The van der Waals surface area contributed by atoms with Crippen LogP contribution in [0.2, 0.25) is 0 Å². The molecule has 0 bridgehead atoms. The third kappa shape index (κ3) is 8.68. The van der Waals surface area contributed by atoms with Gasteiger partial charge in [-0.1, -0.05) is 6.07 Å². The number of alkyl carbamates (subject to hydrolysis) is 1. The summed E-state index contributed by atoms with van der Waals surface area (Å²) in [5.74, 6) is -0.660. The number of carbonyl (C=O) groups excluding carboxylic acids is 2. The van der Waals surface area contributed by atoms with Gasteiger partial charge in [-0.3, -0.25) is 4.79 Å². The van der Waals surface area contributed by atoms with Crippen LogP contribution in [0.1, 0.15) is 18.4 Å². The van der Waals surface area contributed by atoms with E-state index in [-0.39, 0.29) is 55.7 Å². The van der Waals surface area contributed by atoms with Crippen LogP contribution in [0.4, 0.5) is 41.1 Å². The Bertz CT molecular complexity index is 1030. The number of hydrogen-bond acceptors (Lipinski definition) is 10. The number of alkyl halides is 3. The van der Waals surface area contributed by atoms with Crippen molar-refractivity contribution in [3.8, 4) is 0 Å². The van der Waals surface area contributed by atoms with Crippen molar-refractivity contribution in [1.29, 1.82) is 0 Å². The van der Waals surface area contributed by atoms with Crippen molar-refractivity contribution in [3.63, 3.8) is 0 Å². The zero-order chi connectivity index (χ0) is 26.0. The molecule has 0 saturated heterocycles. The molecule has 35 heavy (non-hydrogen) atoms. The summed E-state index contributed by atoms with van der Waals surface area (Å²) < 4.78 is 43.8. The highest BCUT2D eigenvalue weighted by Crippen LogP contribution is 2.31. The minimum Gasteiger partial charge on any atom is -0.447 e. The van der Waals surface area contributed by atoms with Crippen LogP contribution in [-0.2, 0) is 15.7 Å². The van der Waals surface area contributed by atoms with Crippen LogP contribution in [0.15, 0.2) is 29.3 Å². The maximum absolute atomic E-state index is 13.0. The summed E-state index contributed by atoms with van der Waals surface area (Å²) in [6.07, 6.45) is -3.19. The molecular formula is C20H26F3N7O4S. The summed E-state index contributed by atoms with van der Waals surface area (Å²) in [7, 11) is 0. The van der Waals surface area contributed by atoms with Gasteiger partial charge in [-0.2, -0.15) is 18.2 Å². The van der Waals surface area contributed by atoms with E-state index in [1.165, 1.54) is 23.9 Å². The Morgan fingerprint density at radius 2 is 2.00 bits per heavy atom. The van der Waals surface area contributed by atoms with Gasteiger partial charge in [-0.05, 0) is 37.3 Å². The molecule has 2 rings (SSSR count). The van der Waals surface area contributed by atoms with Crippen molar-refractivity contribution in [2.45, 2.75) is 30.1 Å². The fourth-order valence-electron chi connectivity index (χ4n) is 2.85. The summed E-state index contributed by atoms with van der Waals surface area (Å²) in [4.78, 5) is 32.5. The van der Waals surface area contributed by atoms with Gasteiger partial charge in [-0.25, -0.2) is 9.78 Å². The number of nitrogens with two attached hydrogens (primary N) is 2. The lowest BCUT2D eigenvalue weighted by atomic mass is 10.1. The number of hydrogen-bond donors (Lipinski definition) is 6. The molecule has 0 fully saturated rings. The standard InChI is InChI=1S/C20H26F3N7O4S/c1-35-17-14(24)15(29-18(25)30-17)28-13(6-3-7-26-19(33)34-9-8-31)16(32)27-12-5-2-4-11(10-12)20(21,22)23/h2,4-5,10,13,31H,3,6-9,24H2,1H3,(H,26,33)(H,27,32)(H3,25,28,29,30)/t13-/m0/s1. The normalized spacial score (nSPS) is 12.0. The molecule has 1 aromatic carbocycles. The number of aliphatic hydroxyl groups excluding tert-OH is 1. The van der Waals surface area contributed by atoms with Crippen molar-refractivity contribution >= 4 is 46.9 Å². The first-order chi connectivity index (χ1) is 16.5. The van der Waals surface area contributed by atoms with Gasteiger partial charge in [0.15, 0.2) is 5.82 Å². The van der Waals surface area contributed by atoms with Gasteiger partial charge >= 0.3 is 12.3 Å². The van der Waals surface area contributed by atoms with Gasteiger partial charge in [-0.15, -0.1) is 11.8 Å². The molecule has 8 N–H and O–H groups in total. The molecule has 0 radical (unpaired) electrons. The zero-order valence-corrected chi connectivity index (χ0v) is 19.5. The van der Waals surface area contributed by atoms with Gasteiger partial charge in [0, 0.05) is 12.2 Å². The Morgan fingerprint density at radius 3 is 2.66 bits per heavy atom. The number of thioether (sulfide) groups is 1. The molecule has 0 unspecified atom stereocenters. The Hall–Kier alpha value is -3.46. The van der Waals surface area contributed by atoms with E-state index in [0.717, 1.165) is 12.1 Å². The van der Waals surface area contributed by atoms with Crippen LogP contribution in [-0.4, -0.2) is 59.1 Å². The maximum Gasteiger partial charge on any atom is 0.416 e. The number of nitrogens with zero attached hydrogens (tertiary/aromatic N) is 2. The monoisotopic (exact) mass is 517 g/mol. The summed E-state index contributed by atoms with van der Waals surface area (Å²) in [6.45, 7) is -0.366. The zero-order valence-electron chi connectivity index (χ0n) is 18.7. The van der Waals surface area contributed by atoms with Gasteiger partial charge in [0.25, 0.3) is 0 Å². The van der Waals surface area contributed by atoms with Crippen LogP contribution in [0.5, 0.6) is 0 Å². The van der Waals surface area contributed by atoms with Crippen LogP contribution in [0.3, 0.4) is 0 Å². The molecule has 15 heteroatoms. The fourth-order valence-corrected chi connectivity index (χ4v) is 3.35. The lowest BCUT2D eigenvalue weighted by Crippen LogP contribution is -2.36. The molecule has 192 valence electrons. The van der Waals surface area contributed by atoms with E-state index in [2.05, 4.69) is 30.7 Å². The number of aromatic nitrogens is 2. The molecule has 2 amide bonds. The number of benzene rings is 1. The fraction of sp³-hybridized carbons (Fsp3) is 0.400. The molecule has 1 aromatic heterocycles. The molecular weight excluding hydrogens is 491 g/mol. The number of anilines is 4. The SMILES string of the molecule is CSc1nc(N)nc(N[C@@H](CCCNC(=O)OCCO)C(=O)Nc2cccc(C(F)(F)F)c2)c1N. The number of carbonyl (C=O) groups is 2. The lowest BCUT2D eigenvalue weighted by molar-refractivity contribution is -0.137. The molecule has 2 aromatic rings. The second-order valence-corrected chi connectivity index (χ2v) is 7.84. The van der Waals surface area contributed by atoms with Crippen molar-refractivity contribution in [1.82, 2.24) is 15.3 Å². The quantitative estimate of drug-likeness (QED) is 0.147. The van der Waals surface area contributed by atoms with Crippen LogP contribution < -0.4 is 27.4 Å². The van der Waals surface area contributed by atoms with Gasteiger partial charge in [0.05, 0.1) is 12.2 Å². The largest absolute Gasteiger partial charge is 0.447 e. The maximum atomic E-state index is 13.0. The van der Waals surface area contributed by atoms with Crippen LogP contribution in [0.25, 0.3) is 0 Å². The van der Waals surface area contributed by atoms with Crippen LogP contribution in [0, 0.1) is 0 Å². The first-order valence-corrected chi connectivity index (χ1v) is 11.5. The predicted octanol–water partition coefficient (Wildman–Crippen LogP) is 2.30. The Balaban J connectivity index is 2.17. The Morgan fingerprint density at radius 1 is 1.26 bits per heavy atom. The van der Waals surface area contributed by atoms with E-state index < -0.39 is 29.8 Å². The molecule has 1 heterocycles. The molecule has 0 saturated carbocycles. The summed E-state index contributed by atoms with van der Waals surface area (Å²) in [5.41, 5.74) is 11.0. The average molecular weight is 518 g/mol. The number of aliphatic hydroxyl groups is 1. The van der Waals surface area contributed by atoms with Gasteiger partial charge in [0.2, 0.25) is 11.9 Å². The van der Waals surface area contributed by atoms with E-state index in [4.69, 9.17) is 16.6 Å². The Kier molecular flexibility index (Phi) is 10.2. The topological polar surface area (TPSA) is 178 Å². The second-order valence-electron chi connectivity index (χ2n) is 7.05. The predicted molar refractivity (Wildman–Crippen MR) is 126 cm³/mol. The number of ether oxygens (including phenoxy) is 1. The molecule has 11 nitrogen and oxygen atoms in total. The molecule has 0 aliphatic rings. The van der Waals surface area contributed by atoms with E-state index in [0.29, 0.717) is 5.03 Å². The summed E-state index contributed by atoms with van der Waals surface area (Å²) in [5, 5.41) is 16.8. The number of amides is 2. The summed E-state index contributed by atoms with van der Waals surface area (Å²) >= 11 is 1.21. The van der Waals surface area contributed by atoms with E-state index >= 15 is 0 Å². The average Bonchev–Trinajstić information content (AvgIpc) is 2.81. The van der Waals surface area contributed by atoms with Crippen LogP contribution >= 0.6 is 11.8 Å². The first kappa shape index (κ1) is 27.8. The van der Waals surface area contributed by atoms with E-state index in [1.807, 2.05) is 0 Å². The summed E-state index contributed by atoms with van der Waals surface area (Å²) in [6, 6.07) is 3.20. The highest BCUT2D eigenvalue weighted by molar-refractivity contribution is 7.98. The van der Waals surface area contributed by atoms with E-state index in [1.54, 1.807) is 6.26 Å². The van der Waals surface area contributed by atoms with Crippen molar-refractivity contribution in [2.24, 2.45) is 0 Å². The molecule has 0 spiro atoms. The first-order valence-electron chi connectivity index (χ1n) is 10.3. The molecule has 0 aliphatic heterocycles. The minimum absolute atomic E-state index is 0.0534. The highest BCUT2D eigenvalue weighted by Gasteiger charge is 2.31. The lowest BCUT2D eigenvalue weighted by Gasteiger charge is -2.21. The smallest absolute Gasteiger partial charge is 0.416 e. The highest BCUT2D eigenvalue weighted by atomic mass is 32.2. The second kappa shape index (κ2) is 12.9. The number of nitrogens with one attached hydrogen (secondary N) is 3. The molecule has 1 atom stereocenters.